The third-order valence-corrected chi connectivity index (χ3v) is 2.27. The zero-order valence-electron chi connectivity index (χ0n) is 9.64. The summed E-state index contributed by atoms with van der Waals surface area (Å²) in [5, 5.41) is 5.88. The monoisotopic (exact) mass is 213 g/mol. The number of hydrazone groups is 1. The van der Waals surface area contributed by atoms with Gasteiger partial charge < -0.3 is 14.6 Å². The van der Waals surface area contributed by atoms with Crippen LogP contribution in [0.25, 0.3) is 0 Å². The summed E-state index contributed by atoms with van der Waals surface area (Å²) in [5.74, 6) is 0. The molecular formula is C10H19N3O2. The van der Waals surface area contributed by atoms with Gasteiger partial charge in [-0.2, -0.15) is 5.10 Å². The van der Waals surface area contributed by atoms with E-state index in [-0.39, 0.29) is 12.1 Å². The third kappa shape index (κ3) is 3.42. The summed E-state index contributed by atoms with van der Waals surface area (Å²) >= 11 is 0. The first-order chi connectivity index (χ1) is 7.15. The molecule has 1 aliphatic heterocycles. The minimum absolute atomic E-state index is 0.0893. The molecule has 15 heavy (non-hydrogen) atoms. The summed E-state index contributed by atoms with van der Waals surface area (Å²) in [6, 6.07) is 0.0893. The van der Waals surface area contributed by atoms with Crippen molar-refractivity contribution in [3.8, 4) is 0 Å². The molecule has 0 spiro atoms. The molecule has 0 aromatic rings. The molecule has 1 fully saturated rings. The molecule has 0 aromatic carbocycles. The van der Waals surface area contributed by atoms with Crippen molar-refractivity contribution in [2.75, 3.05) is 27.2 Å². The van der Waals surface area contributed by atoms with Crippen LogP contribution in [0.15, 0.2) is 5.10 Å². The van der Waals surface area contributed by atoms with Gasteiger partial charge in [0.15, 0.2) is 0 Å². The van der Waals surface area contributed by atoms with E-state index >= 15 is 0 Å². The highest BCUT2D eigenvalue weighted by Crippen LogP contribution is 2.16. The lowest BCUT2D eigenvalue weighted by Gasteiger charge is -2.20. The van der Waals surface area contributed by atoms with Gasteiger partial charge in [-0.15, -0.1) is 0 Å². The zero-order valence-corrected chi connectivity index (χ0v) is 9.64. The topological polar surface area (TPSA) is 45.1 Å². The fourth-order valence-electron chi connectivity index (χ4n) is 1.59. The zero-order chi connectivity index (χ0) is 11.3. The second-order valence-corrected chi connectivity index (χ2v) is 3.71. The van der Waals surface area contributed by atoms with Crippen molar-refractivity contribution in [3.05, 3.63) is 0 Å². The molecule has 0 aliphatic carbocycles. The minimum Gasteiger partial charge on any atom is -0.450 e. The van der Waals surface area contributed by atoms with E-state index in [1.807, 2.05) is 27.2 Å². The van der Waals surface area contributed by atoms with E-state index in [2.05, 4.69) is 5.10 Å². The van der Waals surface area contributed by atoms with Crippen LogP contribution in [0.1, 0.15) is 19.8 Å². The molecule has 0 bridgehead atoms. The Morgan fingerprint density at radius 1 is 1.67 bits per heavy atom. The highest BCUT2D eigenvalue weighted by molar-refractivity contribution is 5.76. The molecule has 1 amide bonds. The van der Waals surface area contributed by atoms with Crippen molar-refractivity contribution >= 4 is 12.3 Å². The van der Waals surface area contributed by atoms with Crippen LogP contribution in [-0.2, 0) is 4.74 Å². The number of ether oxygens (including phenoxy) is 1. The highest BCUT2D eigenvalue weighted by atomic mass is 16.6. The van der Waals surface area contributed by atoms with Crippen molar-refractivity contribution in [1.82, 2.24) is 9.91 Å². The van der Waals surface area contributed by atoms with Gasteiger partial charge >= 0.3 is 6.09 Å². The molecule has 5 nitrogen and oxygen atoms in total. The van der Waals surface area contributed by atoms with Gasteiger partial charge in [0.25, 0.3) is 0 Å². The number of carbonyl (C=O) groups is 1. The number of nitrogens with zero attached hydrogens (tertiary/aromatic N) is 3. The van der Waals surface area contributed by atoms with E-state index in [0.717, 1.165) is 19.4 Å². The standard InChI is InChI=1S/C10H19N3O2/c1-4-15-10(14)13-7-5-6-9(13)8-11-12(2)3/h8-9H,4-7H2,1-3H3/b11-8+/t9-/m0/s1. The number of hydrogen-bond donors (Lipinski definition) is 0. The van der Waals surface area contributed by atoms with Crippen molar-refractivity contribution < 1.29 is 9.53 Å². The lowest BCUT2D eigenvalue weighted by molar-refractivity contribution is 0.111. The van der Waals surface area contributed by atoms with Crippen LogP contribution in [0.3, 0.4) is 0 Å². The maximum absolute atomic E-state index is 11.5. The molecule has 0 radical (unpaired) electrons. The second-order valence-electron chi connectivity index (χ2n) is 3.71. The number of carbonyl (C=O) groups excluding carboxylic acids is 1. The molecule has 1 atom stereocenters. The molecule has 1 heterocycles. The summed E-state index contributed by atoms with van der Waals surface area (Å²) in [6.07, 6.45) is 3.56. The van der Waals surface area contributed by atoms with Crippen LogP contribution in [0, 0.1) is 0 Å². The first-order valence-corrected chi connectivity index (χ1v) is 5.30. The van der Waals surface area contributed by atoms with E-state index in [9.17, 15) is 4.79 Å². The van der Waals surface area contributed by atoms with E-state index in [4.69, 9.17) is 4.74 Å². The Kier molecular flexibility index (Phi) is 4.39. The lowest BCUT2D eigenvalue weighted by Crippen LogP contribution is -2.37. The molecule has 0 aromatic heterocycles. The number of hydrogen-bond acceptors (Lipinski definition) is 4. The summed E-state index contributed by atoms with van der Waals surface area (Å²) < 4.78 is 4.97. The molecule has 86 valence electrons. The summed E-state index contributed by atoms with van der Waals surface area (Å²) in [6.45, 7) is 3.01. The fraction of sp³-hybridized carbons (Fsp3) is 0.800. The van der Waals surface area contributed by atoms with Crippen LogP contribution >= 0.6 is 0 Å². The smallest absolute Gasteiger partial charge is 0.410 e. The minimum atomic E-state index is -0.231. The largest absolute Gasteiger partial charge is 0.450 e. The Bertz CT molecular complexity index is 241. The summed E-state index contributed by atoms with van der Waals surface area (Å²) in [7, 11) is 3.72. The normalized spacial score (nSPS) is 21.0. The summed E-state index contributed by atoms with van der Waals surface area (Å²) in [5.41, 5.74) is 0. The Morgan fingerprint density at radius 2 is 2.40 bits per heavy atom. The molecule has 5 heteroatoms. The van der Waals surface area contributed by atoms with Crippen LogP contribution in [-0.4, -0.2) is 55.5 Å². The average Bonchev–Trinajstić information content (AvgIpc) is 2.62. The van der Waals surface area contributed by atoms with Gasteiger partial charge in [-0.3, -0.25) is 0 Å². The first-order valence-electron chi connectivity index (χ1n) is 5.30. The molecule has 0 N–H and O–H groups in total. The van der Waals surface area contributed by atoms with Gasteiger partial charge in [-0.05, 0) is 19.8 Å². The van der Waals surface area contributed by atoms with Crippen LogP contribution in [0.2, 0.25) is 0 Å². The van der Waals surface area contributed by atoms with Crippen molar-refractivity contribution in [2.24, 2.45) is 5.10 Å². The summed E-state index contributed by atoms with van der Waals surface area (Å²) in [4.78, 5) is 13.3. The van der Waals surface area contributed by atoms with Gasteiger partial charge in [-0.25, -0.2) is 4.79 Å². The van der Waals surface area contributed by atoms with Crippen LogP contribution in [0.5, 0.6) is 0 Å². The Hall–Kier alpha value is -1.26. The highest BCUT2D eigenvalue weighted by Gasteiger charge is 2.28. The van der Waals surface area contributed by atoms with Crippen molar-refractivity contribution in [3.63, 3.8) is 0 Å². The van der Waals surface area contributed by atoms with Gasteiger partial charge in [0, 0.05) is 26.9 Å². The van der Waals surface area contributed by atoms with E-state index < -0.39 is 0 Å². The SMILES string of the molecule is CCOC(=O)N1CCC[C@H]1/C=N/N(C)C. The predicted octanol–water partition coefficient (Wildman–Crippen LogP) is 1.15. The van der Waals surface area contributed by atoms with E-state index in [0.29, 0.717) is 6.61 Å². The number of amides is 1. The van der Waals surface area contributed by atoms with E-state index in [1.165, 1.54) is 0 Å². The molecule has 1 saturated heterocycles. The van der Waals surface area contributed by atoms with Gasteiger partial charge in [0.2, 0.25) is 0 Å². The molecule has 0 saturated carbocycles. The van der Waals surface area contributed by atoms with Crippen LogP contribution in [0.4, 0.5) is 4.79 Å². The molecule has 1 aliphatic rings. The van der Waals surface area contributed by atoms with E-state index in [1.54, 1.807) is 9.91 Å². The maximum atomic E-state index is 11.5. The molecule has 0 unspecified atom stereocenters. The van der Waals surface area contributed by atoms with Gasteiger partial charge in [-0.1, -0.05) is 0 Å². The van der Waals surface area contributed by atoms with Crippen molar-refractivity contribution in [2.45, 2.75) is 25.8 Å². The number of rotatable bonds is 3. The van der Waals surface area contributed by atoms with Gasteiger partial charge in [0.1, 0.15) is 0 Å². The van der Waals surface area contributed by atoms with Crippen molar-refractivity contribution in [1.29, 1.82) is 0 Å². The number of likely N-dealkylation sites (tertiary alicyclic amines) is 1. The Morgan fingerprint density at radius 3 is 3.00 bits per heavy atom. The second kappa shape index (κ2) is 5.58. The molecule has 1 rings (SSSR count). The first kappa shape index (κ1) is 11.8. The average molecular weight is 213 g/mol. The lowest BCUT2D eigenvalue weighted by atomic mass is 10.2. The quantitative estimate of drug-likeness (QED) is 0.522. The Balaban J connectivity index is 2.53. The maximum Gasteiger partial charge on any atom is 0.410 e. The Labute approximate surface area is 90.7 Å². The molecular weight excluding hydrogens is 194 g/mol. The third-order valence-electron chi connectivity index (χ3n) is 2.27. The predicted molar refractivity (Wildman–Crippen MR) is 58.9 cm³/mol. The van der Waals surface area contributed by atoms with Crippen LogP contribution < -0.4 is 0 Å². The fourth-order valence-corrected chi connectivity index (χ4v) is 1.59. The van der Waals surface area contributed by atoms with Gasteiger partial charge in [0.05, 0.1) is 12.6 Å².